The van der Waals surface area contributed by atoms with Gasteiger partial charge in [-0.1, -0.05) is 19.8 Å². The Bertz CT molecular complexity index is 289. The second kappa shape index (κ2) is 5.52. The van der Waals surface area contributed by atoms with E-state index in [4.69, 9.17) is 0 Å². The van der Waals surface area contributed by atoms with Crippen molar-refractivity contribution in [2.24, 2.45) is 0 Å². The van der Waals surface area contributed by atoms with Gasteiger partial charge >= 0.3 is 0 Å². The largest absolute Gasteiger partial charge is 0.368 e. The Morgan fingerprint density at radius 1 is 1.36 bits per heavy atom. The van der Waals surface area contributed by atoms with Crippen LogP contribution in [0.15, 0.2) is 12.3 Å². The van der Waals surface area contributed by atoms with Crippen LogP contribution in [0.3, 0.4) is 0 Å². The smallest absolute Gasteiger partial charge is 0.168 e. The second-order valence-electron chi connectivity index (χ2n) is 3.12. The third kappa shape index (κ3) is 3.28. The van der Waals surface area contributed by atoms with Gasteiger partial charge in [0.15, 0.2) is 11.6 Å². The van der Waals surface area contributed by atoms with E-state index in [9.17, 15) is 8.78 Å². The van der Waals surface area contributed by atoms with Crippen LogP contribution in [0, 0.1) is 11.6 Å². The van der Waals surface area contributed by atoms with Crippen LogP contribution in [-0.4, -0.2) is 11.5 Å². The molecule has 0 atom stereocenters. The first kappa shape index (κ1) is 10.9. The van der Waals surface area contributed by atoms with Crippen LogP contribution in [-0.2, 0) is 0 Å². The van der Waals surface area contributed by atoms with Crippen LogP contribution in [0.4, 0.5) is 14.6 Å². The third-order valence-electron chi connectivity index (χ3n) is 1.88. The van der Waals surface area contributed by atoms with Gasteiger partial charge in [0.1, 0.15) is 5.82 Å². The van der Waals surface area contributed by atoms with E-state index in [1.165, 1.54) is 0 Å². The van der Waals surface area contributed by atoms with Gasteiger partial charge in [-0.05, 0) is 6.42 Å². The summed E-state index contributed by atoms with van der Waals surface area (Å²) in [5.41, 5.74) is 0. The predicted molar refractivity (Wildman–Crippen MR) is 52.2 cm³/mol. The number of halogens is 2. The number of aromatic nitrogens is 1. The zero-order valence-corrected chi connectivity index (χ0v) is 8.19. The van der Waals surface area contributed by atoms with Crippen molar-refractivity contribution in [1.82, 2.24) is 4.98 Å². The quantitative estimate of drug-likeness (QED) is 0.739. The second-order valence-corrected chi connectivity index (χ2v) is 3.12. The molecule has 0 bridgehead atoms. The molecule has 0 spiro atoms. The molecule has 0 unspecified atom stereocenters. The maximum absolute atomic E-state index is 13.0. The van der Waals surface area contributed by atoms with E-state index in [2.05, 4.69) is 17.2 Å². The van der Waals surface area contributed by atoms with Crippen molar-refractivity contribution in [3.05, 3.63) is 23.9 Å². The Balaban J connectivity index is 2.42. The molecule has 1 rings (SSSR count). The molecule has 0 fully saturated rings. The molecule has 0 aromatic carbocycles. The van der Waals surface area contributed by atoms with E-state index in [0.29, 0.717) is 6.54 Å². The molecule has 78 valence electrons. The molecule has 1 aromatic heterocycles. The maximum Gasteiger partial charge on any atom is 0.168 e. The topological polar surface area (TPSA) is 24.9 Å². The highest BCUT2D eigenvalue weighted by Crippen LogP contribution is 2.11. The number of hydrogen-bond donors (Lipinski definition) is 1. The van der Waals surface area contributed by atoms with Crippen molar-refractivity contribution < 1.29 is 8.78 Å². The van der Waals surface area contributed by atoms with E-state index in [0.717, 1.165) is 31.5 Å². The summed E-state index contributed by atoms with van der Waals surface area (Å²) in [6, 6.07) is 0.829. The highest BCUT2D eigenvalue weighted by molar-refractivity contribution is 5.35. The van der Waals surface area contributed by atoms with E-state index in [-0.39, 0.29) is 5.82 Å². The van der Waals surface area contributed by atoms with Crippen molar-refractivity contribution in [2.45, 2.75) is 26.2 Å². The van der Waals surface area contributed by atoms with Gasteiger partial charge in [-0.25, -0.2) is 13.8 Å². The van der Waals surface area contributed by atoms with Crippen molar-refractivity contribution in [1.29, 1.82) is 0 Å². The number of unbranched alkanes of at least 4 members (excludes halogenated alkanes) is 2. The minimum atomic E-state index is -0.651. The Morgan fingerprint density at radius 3 is 2.79 bits per heavy atom. The lowest BCUT2D eigenvalue weighted by atomic mass is 10.2. The SMILES string of the molecule is CCCCCNc1ncc(F)cc1F. The maximum atomic E-state index is 13.0. The van der Waals surface area contributed by atoms with Gasteiger partial charge in [0.05, 0.1) is 6.20 Å². The van der Waals surface area contributed by atoms with Crippen molar-refractivity contribution >= 4 is 5.82 Å². The first-order chi connectivity index (χ1) is 6.74. The highest BCUT2D eigenvalue weighted by Gasteiger charge is 2.03. The Labute approximate surface area is 82.4 Å². The molecule has 1 N–H and O–H groups in total. The lowest BCUT2D eigenvalue weighted by molar-refractivity contribution is 0.575. The molecule has 0 saturated heterocycles. The fraction of sp³-hybridized carbons (Fsp3) is 0.500. The molecule has 0 aliphatic carbocycles. The predicted octanol–water partition coefficient (Wildman–Crippen LogP) is 2.96. The monoisotopic (exact) mass is 200 g/mol. The lowest BCUT2D eigenvalue weighted by Gasteiger charge is -2.05. The first-order valence-electron chi connectivity index (χ1n) is 4.79. The van der Waals surface area contributed by atoms with Crippen LogP contribution >= 0.6 is 0 Å². The molecule has 4 heteroatoms. The zero-order valence-electron chi connectivity index (χ0n) is 8.19. The Hall–Kier alpha value is -1.19. The molecule has 0 radical (unpaired) electrons. The van der Waals surface area contributed by atoms with Crippen molar-refractivity contribution in [3.8, 4) is 0 Å². The average Bonchev–Trinajstić information content (AvgIpc) is 2.15. The van der Waals surface area contributed by atoms with Crippen LogP contribution in [0.2, 0.25) is 0 Å². The van der Waals surface area contributed by atoms with E-state index >= 15 is 0 Å². The summed E-state index contributed by atoms with van der Waals surface area (Å²) in [5.74, 6) is -1.16. The summed E-state index contributed by atoms with van der Waals surface area (Å²) in [5, 5.41) is 2.82. The number of pyridine rings is 1. The number of nitrogens with one attached hydrogen (secondary N) is 1. The lowest BCUT2D eigenvalue weighted by Crippen LogP contribution is -2.05. The molecule has 2 nitrogen and oxygen atoms in total. The fourth-order valence-electron chi connectivity index (χ4n) is 1.13. The summed E-state index contributed by atoms with van der Waals surface area (Å²) < 4.78 is 25.5. The summed E-state index contributed by atoms with van der Waals surface area (Å²) in [4.78, 5) is 3.61. The molecule has 14 heavy (non-hydrogen) atoms. The number of hydrogen-bond acceptors (Lipinski definition) is 2. The summed E-state index contributed by atoms with van der Waals surface area (Å²) in [6.45, 7) is 2.76. The van der Waals surface area contributed by atoms with Gasteiger partial charge in [-0.15, -0.1) is 0 Å². The first-order valence-corrected chi connectivity index (χ1v) is 4.79. The summed E-state index contributed by atoms with van der Waals surface area (Å²) in [6.07, 6.45) is 4.18. The third-order valence-corrected chi connectivity index (χ3v) is 1.88. The Morgan fingerprint density at radius 2 is 2.14 bits per heavy atom. The summed E-state index contributed by atoms with van der Waals surface area (Å²) >= 11 is 0. The van der Waals surface area contributed by atoms with Gasteiger partial charge in [0, 0.05) is 12.6 Å². The minimum Gasteiger partial charge on any atom is -0.368 e. The van der Waals surface area contributed by atoms with E-state index in [1.807, 2.05) is 0 Å². The molecule has 0 saturated carbocycles. The van der Waals surface area contributed by atoms with Gasteiger partial charge < -0.3 is 5.32 Å². The average molecular weight is 200 g/mol. The van der Waals surface area contributed by atoms with Crippen molar-refractivity contribution in [3.63, 3.8) is 0 Å². The number of nitrogens with zero attached hydrogens (tertiary/aromatic N) is 1. The Kier molecular flexibility index (Phi) is 4.29. The number of anilines is 1. The van der Waals surface area contributed by atoms with Crippen molar-refractivity contribution in [2.75, 3.05) is 11.9 Å². The molecule has 0 amide bonds. The normalized spacial score (nSPS) is 10.2. The fourth-order valence-corrected chi connectivity index (χ4v) is 1.13. The van der Waals surface area contributed by atoms with Gasteiger partial charge in [0.25, 0.3) is 0 Å². The molecule has 1 heterocycles. The van der Waals surface area contributed by atoms with Gasteiger partial charge in [-0.2, -0.15) is 0 Å². The van der Waals surface area contributed by atoms with Crippen LogP contribution in [0.5, 0.6) is 0 Å². The molecule has 1 aromatic rings. The molecular weight excluding hydrogens is 186 g/mol. The summed E-state index contributed by atoms with van der Waals surface area (Å²) in [7, 11) is 0. The molecular formula is C10H14F2N2. The standard InChI is InChI=1S/C10H14F2N2/c1-2-3-4-5-13-10-9(12)6-8(11)7-14-10/h6-7H,2-5H2,1H3,(H,13,14). The number of rotatable bonds is 5. The van der Waals surface area contributed by atoms with E-state index in [1.54, 1.807) is 0 Å². The van der Waals surface area contributed by atoms with Gasteiger partial charge in [-0.3, -0.25) is 0 Å². The van der Waals surface area contributed by atoms with Gasteiger partial charge in [0.2, 0.25) is 0 Å². The molecule has 0 aliphatic rings. The van der Waals surface area contributed by atoms with Crippen LogP contribution < -0.4 is 5.32 Å². The zero-order chi connectivity index (χ0) is 10.4. The highest BCUT2D eigenvalue weighted by atomic mass is 19.1. The van der Waals surface area contributed by atoms with Crippen LogP contribution in [0.25, 0.3) is 0 Å². The van der Waals surface area contributed by atoms with E-state index < -0.39 is 11.6 Å². The molecule has 0 aliphatic heterocycles. The minimum absolute atomic E-state index is 0.127. The van der Waals surface area contributed by atoms with Crippen LogP contribution in [0.1, 0.15) is 26.2 Å².